The third kappa shape index (κ3) is 7.23. The molecule has 4 aromatic rings. The van der Waals surface area contributed by atoms with Gasteiger partial charge >= 0.3 is 12.1 Å². The van der Waals surface area contributed by atoms with Gasteiger partial charge in [-0.25, -0.2) is 19.6 Å². The van der Waals surface area contributed by atoms with Crippen LogP contribution in [-0.2, 0) is 34.7 Å². The largest absolute Gasteiger partial charge is 0.458 e. The molecule has 3 aromatic heterocycles. The van der Waals surface area contributed by atoms with E-state index in [0.717, 1.165) is 34.9 Å². The zero-order valence-corrected chi connectivity index (χ0v) is 32.2. The van der Waals surface area contributed by atoms with Gasteiger partial charge < -0.3 is 39.7 Å². The molecule has 56 heavy (non-hydrogen) atoms. The van der Waals surface area contributed by atoms with E-state index in [9.17, 15) is 24.3 Å². The SMILES string of the molecule is CCc1c2c(nc3ccc(OC(=O)N4CCC(N5CCCCC5)CC4)cc13)-c1cc3c(c(=O)n1C2)COC(=O)[C@]3(O)CC.CN(C)/N=N/c1[nH]cnc1C(N)=O. The second-order valence-electron chi connectivity index (χ2n) is 14.7. The summed E-state index contributed by atoms with van der Waals surface area (Å²) in [5.74, 6) is -0.631. The van der Waals surface area contributed by atoms with Gasteiger partial charge in [-0.1, -0.05) is 25.5 Å². The highest BCUT2D eigenvalue weighted by Gasteiger charge is 2.45. The zero-order valence-electron chi connectivity index (χ0n) is 32.2. The monoisotopic (exact) mass is 768 g/mol. The summed E-state index contributed by atoms with van der Waals surface area (Å²) in [6.45, 7) is 7.65. The van der Waals surface area contributed by atoms with Crippen LogP contribution >= 0.6 is 0 Å². The molecule has 4 N–H and O–H groups in total. The molecular formula is C39H48N10O7. The maximum absolute atomic E-state index is 13.6. The summed E-state index contributed by atoms with van der Waals surface area (Å²) < 4.78 is 12.7. The van der Waals surface area contributed by atoms with Crippen LogP contribution in [0.5, 0.6) is 5.75 Å². The van der Waals surface area contributed by atoms with Crippen molar-refractivity contribution in [2.24, 2.45) is 16.1 Å². The number of pyridine rings is 2. The molecule has 17 nitrogen and oxygen atoms in total. The number of carbonyl (C=O) groups is 3. The Hall–Kier alpha value is -5.68. The smallest absolute Gasteiger partial charge is 0.415 e. The lowest BCUT2D eigenvalue weighted by atomic mass is 9.86. The Kier molecular flexibility index (Phi) is 10.9. The minimum Gasteiger partial charge on any atom is -0.458 e. The molecule has 2 fully saturated rings. The molecule has 296 valence electrons. The van der Waals surface area contributed by atoms with Crippen LogP contribution in [0.25, 0.3) is 22.3 Å². The second-order valence-corrected chi connectivity index (χ2v) is 14.7. The fourth-order valence-electron chi connectivity index (χ4n) is 8.15. The highest BCUT2D eigenvalue weighted by atomic mass is 16.6. The first-order valence-corrected chi connectivity index (χ1v) is 19.2. The number of nitrogens with two attached hydrogens (primary N) is 1. The number of benzene rings is 1. The number of nitrogens with one attached hydrogen (secondary N) is 1. The van der Waals surface area contributed by atoms with Gasteiger partial charge in [-0.3, -0.25) is 14.6 Å². The number of nitrogens with zero attached hydrogens (tertiary/aromatic N) is 8. The number of carbonyl (C=O) groups excluding carboxylic acids is 3. The average Bonchev–Trinajstić information content (AvgIpc) is 3.84. The first kappa shape index (κ1) is 38.6. The highest BCUT2D eigenvalue weighted by molar-refractivity contribution is 5.95. The summed E-state index contributed by atoms with van der Waals surface area (Å²) in [6.07, 6.45) is 7.60. The number of imidazole rings is 1. The minimum absolute atomic E-state index is 0.0885. The number of likely N-dealkylation sites (tertiary alicyclic amines) is 2. The van der Waals surface area contributed by atoms with E-state index in [1.165, 1.54) is 43.7 Å². The Morgan fingerprint density at radius 1 is 1.09 bits per heavy atom. The fraction of sp³-hybridized carbons (Fsp3) is 0.487. The molecule has 0 spiro atoms. The molecular weight excluding hydrogens is 720 g/mol. The molecule has 2 amide bonds. The second kappa shape index (κ2) is 15.8. The first-order chi connectivity index (χ1) is 26.9. The van der Waals surface area contributed by atoms with Crippen LogP contribution in [0, 0.1) is 0 Å². The lowest BCUT2D eigenvalue weighted by molar-refractivity contribution is -0.172. The quantitative estimate of drug-likeness (QED) is 0.121. The number of ether oxygens (including phenoxy) is 2. The minimum atomic E-state index is -1.86. The maximum Gasteiger partial charge on any atom is 0.415 e. The molecule has 8 rings (SSSR count). The van der Waals surface area contributed by atoms with E-state index in [-0.39, 0.29) is 36.2 Å². The summed E-state index contributed by atoms with van der Waals surface area (Å²) in [5, 5.41) is 20.9. The van der Waals surface area contributed by atoms with Crippen molar-refractivity contribution in [3.63, 3.8) is 0 Å². The van der Waals surface area contributed by atoms with Crippen molar-refractivity contribution in [3.8, 4) is 17.1 Å². The summed E-state index contributed by atoms with van der Waals surface area (Å²) >= 11 is 0. The van der Waals surface area contributed by atoms with Crippen LogP contribution in [0.1, 0.15) is 85.1 Å². The number of cyclic esters (lactones) is 1. The lowest BCUT2D eigenvalue weighted by Gasteiger charge is -2.39. The number of fused-ring (bicyclic) bond motifs is 5. The van der Waals surface area contributed by atoms with Crippen molar-refractivity contribution in [1.82, 2.24) is 34.3 Å². The molecule has 0 unspecified atom stereocenters. The topological polar surface area (TPSA) is 214 Å². The van der Waals surface area contributed by atoms with Gasteiger partial charge in [0.25, 0.3) is 11.5 Å². The summed E-state index contributed by atoms with van der Waals surface area (Å²) in [5.41, 5.74) is 7.50. The van der Waals surface area contributed by atoms with E-state index < -0.39 is 17.5 Å². The summed E-state index contributed by atoms with van der Waals surface area (Å²) in [4.78, 5) is 65.6. The van der Waals surface area contributed by atoms with Crippen molar-refractivity contribution >= 4 is 34.7 Å². The Labute approximate surface area is 323 Å². The van der Waals surface area contributed by atoms with Gasteiger partial charge in [-0.05, 0) is 81.4 Å². The Balaban J connectivity index is 0.000000316. The predicted molar refractivity (Wildman–Crippen MR) is 205 cm³/mol. The number of primary amides is 1. The van der Waals surface area contributed by atoms with Gasteiger partial charge in [-0.15, -0.1) is 5.11 Å². The fourth-order valence-corrected chi connectivity index (χ4v) is 8.15. The number of aryl methyl sites for hydroxylation is 1. The van der Waals surface area contributed by atoms with E-state index in [0.29, 0.717) is 60.4 Å². The average molecular weight is 769 g/mol. The molecule has 17 heteroatoms. The molecule has 1 aromatic carbocycles. The van der Waals surface area contributed by atoms with Crippen molar-refractivity contribution in [3.05, 3.63) is 68.9 Å². The van der Waals surface area contributed by atoms with Gasteiger partial charge in [0.05, 0.1) is 35.3 Å². The van der Waals surface area contributed by atoms with E-state index in [1.807, 2.05) is 17.0 Å². The molecule has 0 radical (unpaired) electrons. The van der Waals surface area contributed by atoms with Crippen molar-refractivity contribution < 1.29 is 29.0 Å². The third-order valence-electron chi connectivity index (χ3n) is 11.1. The van der Waals surface area contributed by atoms with Crippen LogP contribution in [0.4, 0.5) is 10.6 Å². The van der Waals surface area contributed by atoms with Gasteiger partial charge in [0.15, 0.2) is 17.1 Å². The Morgan fingerprint density at radius 2 is 1.84 bits per heavy atom. The zero-order chi connectivity index (χ0) is 39.7. The van der Waals surface area contributed by atoms with E-state index in [2.05, 4.69) is 32.1 Å². The highest BCUT2D eigenvalue weighted by Crippen LogP contribution is 2.41. The van der Waals surface area contributed by atoms with Gasteiger partial charge in [0.2, 0.25) is 0 Å². The number of hydrogen-bond donors (Lipinski definition) is 3. The number of esters is 1. The molecule has 4 aliphatic heterocycles. The predicted octanol–water partition coefficient (Wildman–Crippen LogP) is 4.16. The maximum atomic E-state index is 13.6. The number of aliphatic hydroxyl groups is 1. The van der Waals surface area contributed by atoms with E-state index in [1.54, 1.807) is 37.7 Å². The first-order valence-electron chi connectivity index (χ1n) is 19.2. The molecule has 4 aliphatic rings. The van der Waals surface area contributed by atoms with Crippen molar-refractivity contribution in [2.75, 3.05) is 40.3 Å². The number of H-pyrrole nitrogens is 1. The molecule has 2 saturated heterocycles. The number of aromatic nitrogens is 4. The Bertz CT molecular complexity index is 2250. The molecule has 0 saturated carbocycles. The van der Waals surface area contributed by atoms with Gasteiger partial charge in [0, 0.05) is 49.7 Å². The number of piperidine rings is 2. The normalized spacial score (nSPS) is 19.5. The standard InChI is InChI=1S/C33H38N4O6.C6H10N6O/c1-3-22-23-16-21(43-32(40)36-14-10-20(11-15-36)35-12-6-5-7-13-35)8-9-27(23)34-29-24(22)18-37-28(29)17-26-25(30(37)38)19-42-31(39)33(26,41)4-2;1-12(2)11-10-6-4(5(7)13)8-3-9-6/h8-9,16-17,20,41H,3-7,10-15,18-19H2,1-2H3;3H,1-2H3,(H2,7,13)(H,8,9)/b;11-10+/t33-;/m0./s1. The third-order valence-corrected chi connectivity index (χ3v) is 11.1. The van der Waals surface area contributed by atoms with Crippen LogP contribution in [0.15, 0.2) is 45.7 Å². The number of aromatic amines is 1. The molecule has 0 aliphatic carbocycles. The molecule has 7 heterocycles. The molecule has 0 bridgehead atoms. The van der Waals surface area contributed by atoms with Crippen molar-refractivity contribution in [2.45, 2.75) is 83.6 Å². The molecule has 1 atom stereocenters. The van der Waals surface area contributed by atoms with Crippen LogP contribution < -0.4 is 16.0 Å². The number of rotatable bonds is 7. The Morgan fingerprint density at radius 3 is 2.52 bits per heavy atom. The van der Waals surface area contributed by atoms with Gasteiger partial charge in [0.1, 0.15) is 12.4 Å². The van der Waals surface area contributed by atoms with E-state index in [4.69, 9.17) is 20.2 Å². The van der Waals surface area contributed by atoms with Crippen molar-refractivity contribution in [1.29, 1.82) is 0 Å². The van der Waals surface area contributed by atoms with Crippen LogP contribution in [0.3, 0.4) is 0 Å². The number of hydrogen-bond acceptors (Lipinski definition) is 12. The van der Waals surface area contributed by atoms with Crippen LogP contribution in [0.2, 0.25) is 0 Å². The van der Waals surface area contributed by atoms with E-state index >= 15 is 0 Å². The summed E-state index contributed by atoms with van der Waals surface area (Å²) in [6, 6.07) is 7.77. The lowest BCUT2D eigenvalue weighted by Crippen LogP contribution is -2.48. The number of amides is 2. The summed E-state index contributed by atoms with van der Waals surface area (Å²) in [7, 11) is 3.42. The van der Waals surface area contributed by atoms with Gasteiger partial charge in [-0.2, -0.15) is 0 Å². The van der Waals surface area contributed by atoms with Crippen LogP contribution in [-0.4, -0.2) is 104 Å².